The van der Waals surface area contributed by atoms with Gasteiger partial charge in [-0.25, -0.2) is 14.4 Å². The second-order valence-electron chi connectivity index (χ2n) is 16.1. The highest BCUT2D eigenvalue weighted by molar-refractivity contribution is 5.91. The summed E-state index contributed by atoms with van der Waals surface area (Å²) in [6, 6.07) is 32.1. The molecule has 9 heteroatoms. The van der Waals surface area contributed by atoms with E-state index in [0.717, 1.165) is 37.9 Å². The minimum Gasteiger partial charge on any atom is -0.497 e. The fourth-order valence-corrected chi connectivity index (χ4v) is 9.65. The number of carbonyl (C=O) groups is 3. The lowest BCUT2D eigenvalue weighted by Crippen LogP contribution is -2.62. The first-order valence-corrected chi connectivity index (χ1v) is 20.6. The third kappa shape index (κ3) is 8.92. The van der Waals surface area contributed by atoms with E-state index in [2.05, 4.69) is 38.3 Å². The van der Waals surface area contributed by atoms with Gasteiger partial charge in [0, 0.05) is 0 Å². The van der Waals surface area contributed by atoms with E-state index >= 15 is 0 Å². The smallest absolute Gasteiger partial charge is 0.338 e. The Morgan fingerprint density at radius 1 is 0.763 bits per heavy atom. The number of esters is 3. The lowest BCUT2D eigenvalue weighted by Gasteiger charge is -2.55. The minimum absolute atomic E-state index is 0.191. The van der Waals surface area contributed by atoms with Gasteiger partial charge in [0.15, 0.2) is 24.6 Å². The molecule has 4 aromatic rings. The summed E-state index contributed by atoms with van der Waals surface area (Å²) in [5.74, 6) is -0.199. The quantitative estimate of drug-likeness (QED) is 0.0701. The van der Waals surface area contributed by atoms with Crippen molar-refractivity contribution < 1.29 is 42.8 Å². The summed E-state index contributed by atoms with van der Waals surface area (Å²) in [4.78, 5) is 41.5. The van der Waals surface area contributed by atoms with E-state index in [1.54, 1.807) is 105 Å². The summed E-state index contributed by atoms with van der Waals surface area (Å²) in [6.07, 6.45) is 2.51. The van der Waals surface area contributed by atoms with Crippen LogP contribution in [0.2, 0.25) is 0 Å². The van der Waals surface area contributed by atoms with E-state index in [0.29, 0.717) is 23.8 Å². The van der Waals surface area contributed by atoms with Crippen molar-refractivity contribution in [3.05, 3.63) is 162 Å². The van der Waals surface area contributed by atoms with Crippen LogP contribution in [-0.4, -0.2) is 61.8 Å². The van der Waals surface area contributed by atoms with Crippen LogP contribution in [-0.2, 0) is 30.1 Å². The Bertz CT molecular complexity index is 2090. The number of methoxy groups -OCH3 is 1. The normalized spacial score (nSPS) is 27.8. The fraction of sp³-hybridized carbons (Fsp3) is 0.380. The van der Waals surface area contributed by atoms with E-state index in [4.69, 9.17) is 28.4 Å². The van der Waals surface area contributed by atoms with E-state index in [1.165, 1.54) is 11.1 Å². The van der Waals surface area contributed by atoms with Gasteiger partial charge in [-0.2, -0.15) is 0 Å². The molecule has 10 atom stereocenters. The van der Waals surface area contributed by atoms with Crippen molar-refractivity contribution in [2.45, 2.75) is 95.1 Å². The van der Waals surface area contributed by atoms with E-state index < -0.39 is 54.7 Å². The van der Waals surface area contributed by atoms with Gasteiger partial charge in [-0.1, -0.05) is 79.7 Å². The maximum absolute atomic E-state index is 14.0. The first kappa shape index (κ1) is 41.6. The molecule has 0 aromatic heterocycles. The molecule has 0 amide bonds. The molecule has 1 saturated heterocycles. The number of rotatable bonds is 14. The Kier molecular flexibility index (Phi) is 13.1. The van der Waals surface area contributed by atoms with Crippen molar-refractivity contribution in [2.24, 2.45) is 17.3 Å². The zero-order valence-corrected chi connectivity index (χ0v) is 34.1. The number of hydrogen-bond donors (Lipinski definition) is 0. The second-order valence-corrected chi connectivity index (χ2v) is 16.1. The highest BCUT2D eigenvalue weighted by Crippen LogP contribution is 2.58. The predicted octanol–water partition coefficient (Wildman–Crippen LogP) is 9.72. The molecule has 59 heavy (non-hydrogen) atoms. The lowest BCUT2D eigenvalue weighted by molar-refractivity contribution is -0.314. The van der Waals surface area contributed by atoms with Crippen molar-refractivity contribution in [3.8, 4) is 5.75 Å². The van der Waals surface area contributed by atoms with Crippen molar-refractivity contribution in [2.75, 3.05) is 7.11 Å². The van der Waals surface area contributed by atoms with Gasteiger partial charge in [0.1, 0.15) is 5.75 Å². The maximum Gasteiger partial charge on any atom is 0.338 e. The fourth-order valence-electron chi connectivity index (χ4n) is 9.65. The molecule has 3 aliphatic rings. The van der Waals surface area contributed by atoms with Crippen molar-refractivity contribution >= 4 is 17.9 Å². The zero-order valence-electron chi connectivity index (χ0n) is 34.1. The van der Waals surface area contributed by atoms with Crippen LogP contribution in [0.1, 0.15) is 94.1 Å². The average molecular weight is 799 g/mol. The molecule has 1 heterocycles. The third-order valence-electron chi connectivity index (χ3n) is 12.7. The van der Waals surface area contributed by atoms with Crippen LogP contribution in [0, 0.1) is 17.3 Å². The molecule has 0 N–H and O–H groups in total. The summed E-state index contributed by atoms with van der Waals surface area (Å²) in [5.41, 5.74) is 3.20. The summed E-state index contributed by atoms with van der Waals surface area (Å²) in [6.45, 7) is 12.4. The van der Waals surface area contributed by atoms with Gasteiger partial charge in [-0.15, -0.1) is 13.2 Å². The summed E-state index contributed by atoms with van der Waals surface area (Å²) < 4.78 is 38.1. The molecule has 2 aliphatic carbocycles. The molecule has 0 unspecified atom stereocenters. The Balaban J connectivity index is 1.25. The first-order chi connectivity index (χ1) is 28.6. The highest BCUT2D eigenvalue weighted by atomic mass is 16.7. The van der Waals surface area contributed by atoms with Crippen LogP contribution < -0.4 is 4.74 Å². The van der Waals surface area contributed by atoms with Gasteiger partial charge in [-0.05, 0) is 128 Å². The number of aryl methyl sites for hydroxylation is 1. The summed E-state index contributed by atoms with van der Waals surface area (Å²) >= 11 is 0. The molecule has 0 radical (unpaired) electrons. The number of fused-ring (bicyclic) bond motifs is 3. The number of carbonyl (C=O) groups excluding carboxylic acids is 3. The summed E-state index contributed by atoms with van der Waals surface area (Å²) in [7, 11) is 1.70. The molecule has 9 nitrogen and oxygen atoms in total. The maximum atomic E-state index is 14.0. The van der Waals surface area contributed by atoms with Gasteiger partial charge < -0.3 is 28.4 Å². The van der Waals surface area contributed by atoms with E-state index in [9.17, 15) is 14.4 Å². The van der Waals surface area contributed by atoms with Gasteiger partial charge in [0.05, 0.1) is 36.0 Å². The Labute approximate surface area is 347 Å². The molecule has 0 spiro atoms. The molecular formula is C50H54O9. The van der Waals surface area contributed by atoms with Gasteiger partial charge in [-0.3, -0.25) is 0 Å². The molecule has 7 rings (SSSR count). The van der Waals surface area contributed by atoms with Gasteiger partial charge in [0.2, 0.25) is 0 Å². The number of allylic oxidation sites excluding steroid dienone is 1. The van der Waals surface area contributed by atoms with Crippen molar-refractivity contribution in [1.82, 2.24) is 0 Å². The summed E-state index contributed by atoms with van der Waals surface area (Å²) in [5, 5.41) is 0. The Morgan fingerprint density at radius 3 is 1.86 bits per heavy atom. The van der Waals surface area contributed by atoms with Gasteiger partial charge >= 0.3 is 17.9 Å². The molecule has 308 valence electrons. The first-order valence-electron chi connectivity index (χ1n) is 20.6. The predicted molar refractivity (Wildman–Crippen MR) is 224 cm³/mol. The standard InChI is InChI=1S/C50H54O9/c1-6-17-41-40-27-25-36-31-37(54-5)26-28-38(36)39(40)29-30-50(41,4)42(18-7-2)56-49-45(59-48(53)35-23-15-10-16-24-35)44(58-47(52)34-21-13-9-14-22-34)43(32(3)55-49)57-46(51)33-19-11-8-12-20-33/h6-16,19-24,26,28,31-32,39-45,49H,1-2,17-18,25,27,29-30H2,3-5H3/t32-,39+,40+,41-,42-,43-,44+,45+,49-,50-/m0/s1. The largest absolute Gasteiger partial charge is 0.497 e. The number of hydrogen-bond acceptors (Lipinski definition) is 9. The van der Waals surface area contributed by atoms with Crippen LogP contribution in [0.4, 0.5) is 0 Å². The van der Waals surface area contributed by atoms with Crippen molar-refractivity contribution in [1.29, 1.82) is 0 Å². The lowest BCUT2D eigenvalue weighted by atomic mass is 9.52. The molecule has 0 bridgehead atoms. The van der Waals surface area contributed by atoms with Crippen LogP contribution in [0.15, 0.2) is 135 Å². The van der Waals surface area contributed by atoms with Crippen LogP contribution in [0.25, 0.3) is 0 Å². The van der Waals surface area contributed by atoms with E-state index in [1.807, 2.05) is 12.2 Å². The molecule has 2 fully saturated rings. The van der Waals surface area contributed by atoms with Crippen LogP contribution >= 0.6 is 0 Å². The average Bonchev–Trinajstić information content (AvgIpc) is 3.27. The number of ether oxygens (including phenoxy) is 6. The highest BCUT2D eigenvalue weighted by Gasteiger charge is 2.56. The molecule has 4 aromatic carbocycles. The minimum atomic E-state index is -1.35. The second kappa shape index (κ2) is 18.6. The Hall–Kier alpha value is -5.51. The number of benzene rings is 4. The van der Waals surface area contributed by atoms with Crippen LogP contribution in [0.5, 0.6) is 5.75 Å². The molecule has 1 saturated carbocycles. The van der Waals surface area contributed by atoms with Crippen LogP contribution in [0.3, 0.4) is 0 Å². The topological polar surface area (TPSA) is 107 Å². The van der Waals surface area contributed by atoms with Gasteiger partial charge in [0.25, 0.3) is 0 Å². The molecule has 1 aliphatic heterocycles. The zero-order chi connectivity index (χ0) is 41.5. The Morgan fingerprint density at radius 2 is 1.32 bits per heavy atom. The van der Waals surface area contributed by atoms with Crippen molar-refractivity contribution in [3.63, 3.8) is 0 Å². The monoisotopic (exact) mass is 798 g/mol. The molecular weight excluding hydrogens is 745 g/mol. The third-order valence-corrected chi connectivity index (χ3v) is 12.7. The SMILES string of the molecule is C=CC[C@H](O[C@@H]1O[C@@H](C)[C@H](OC(=O)c2ccccc2)[C@@H](OC(=O)c2ccccc2)[C@H]1OC(=O)c1ccccc1)[C@@]1(C)CC[C@@H]2c3ccc(OC)cc3CC[C@H]2[C@@H]1CC=C. The van der Waals surface area contributed by atoms with E-state index in [-0.39, 0.29) is 22.5 Å².